The first-order valence-corrected chi connectivity index (χ1v) is 9.03. The highest BCUT2D eigenvalue weighted by Crippen LogP contribution is 2.23. The van der Waals surface area contributed by atoms with E-state index in [1.807, 2.05) is 39.1 Å². The fourth-order valence-electron chi connectivity index (χ4n) is 2.59. The molecule has 1 N–H and O–H groups in total. The zero-order valence-corrected chi connectivity index (χ0v) is 19.3. The Labute approximate surface area is 182 Å². The Kier molecular flexibility index (Phi) is 9.74. The average molecular weight is 511 g/mol. The summed E-state index contributed by atoms with van der Waals surface area (Å²) >= 11 is 12.1. The molecule has 0 amide bonds. The van der Waals surface area contributed by atoms with Crippen molar-refractivity contribution in [2.75, 3.05) is 20.1 Å². The highest BCUT2D eigenvalue weighted by molar-refractivity contribution is 14.0. The first kappa shape index (κ1) is 23.0. The van der Waals surface area contributed by atoms with Crippen molar-refractivity contribution in [1.29, 1.82) is 0 Å². The standard InChI is InChI=1S/C18H24Cl2N4O.HI/c1-5-21-18(22-9-8-15-12(2)23-25-13(15)3)24(4)11-14-6-7-16(19)17(20)10-14;/h6-7,10H,5,8-9,11H2,1-4H3,(H,21,22);1H. The van der Waals surface area contributed by atoms with Crippen LogP contribution >= 0.6 is 47.2 Å². The number of hydrogen-bond donors (Lipinski definition) is 1. The Morgan fingerprint density at radius 3 is 2.58 bits per heavy atom. The molecule has 0 saturated carbocycles. The Bertz CT molecular complexity index is 729. The van der Waals surface area contributed by atoms with Crippen LogP contribution in [0.3, 0.4) is 0 Å². The molecule has 1 aromatic carbocycles. The van der Waals surface area contributed by atoms with Crippen molar-refractivity contribution < 1.29 is 4.52 Å². The van der Waals surface area contributed by atoms with Gasteiger partial charge in [0.05, 0.1) is 15.7 Å². The number of aromatic nitrogens is 1. The van der Waals surface area contributed by atoms with Gasteiger partial charge in [-0.2, -0.15) is 0 Å². The van der Waals surface area contributed by atoms with Crippen molar-refractivity contribution in [3.05, 3.63) is 50.8 Å². The van der Waals surface area contributed by atoms with E-state index in [-0.39, 0.29) is 24.0 Å². The van der Waals surface area contributed by atoms with E-state index in [1.54, 1.807) is 0 Å². The predicted molar refractivity (Wildman–Crippen MR) is 119 cm³/mol. The van der Waals surface area contributed by atoms with Crippen LogP contribution in [0.15, 0.2) is 27.7 Å². The minimum atomic E-state index is 0. The minimum absolute atomic E-state index is 0. The van der Waals surface area contributed by atoms with Gasteiger partial charge in [0.15, 0.2) is 5.96 Å². The van der Waals surface area contributed by atoms with Gasteiger partial charge >= 0.3 is 0 Å². The lowest BCUT2D eigenvalue weighted by molar-refractivity contribution is 0.392. The average Bonchev–Trinajstić information content (AvgIpc) is 2.89. The van der Waals surface area contributed by atoms with Gasteiger partial charge in [-0.3, -0.25) is 4.99 Å². The summed E-state index contributed by atoms with van der Waals surface area (Å²) in [4.78, 5) is 6.78. The summed E-state index contributed by atoms with van der Waals surface area (Å²) in [5.74, 6) is 1.71. The number of nitrogens with zero attached hydrogens (tertiary/aromatic N) is 3. The van der Waals surface area contributed by atoms with Crippen LogP contribution in [-0.4, -0.2) is 36.2 Å². The third-order valence-corrected chi connectivity index (χ3v) is 4.64. The highest BCUT2D eigenvalue weighted by Gasteiger charge is 2.10. The normalized spacial score (nSPS) is 11.2. The molecule has 1 heterocycles. The van der Waals surface area contributed by atoms with Crippen LogP contribution in [0.1, 0.15) is 29.5 Å². The molecule has 144 valence electrons. The molecule has 0 saturated heterocycles. The number of halogens is 3. The number of hydrogen-bond acceptors (Lipinski definition) is 3. The smallest absolute Gasteiger partial charge is 0.193 e. The van der Waals surface area contributed by atoms with Crippen LogP contribution in [0, 0.1) is 13.8 Å². The van der Waals surface area contributed by atoms with Gasteiger partial charge in [-0.1, -0.05) is 34.4 Å². The maximum Gasteiger partial charge on any atom is 0.193 e. The first-order valence-electron chi connectivity index (χ1n) is 8.27. The van der Waals surface area contributed by atoms with Gasteiger partial charge in [-0.15, -0.1) is 24.0 Å². The Morgan fingerprint density at radius 2 is 2.00 bits per heavy atom. The predicted octanol–water partition coefficient (Wildman–Crippen LogP) is 4.86. The number of guanidine groups is 1. The van der Waals surface area contributed by atoms with E-state index in [2.05, 4.69) is 22.3 Å². The number of aryl methyl sites for hydroxylation is 2. The molecule has 0 aliphatic rings. The molecule has 0 atom stereocenters. The van der Waals surface area contributed by atoms with Crippen LogP contribution in [-0.2, 0) is 13.0 Å². The largest absolute Gasteiger partial charge is 0.361 e. The van der Waals surface area contributed by atoms with Crippen molar-refractivity contribution in [2.45, 2.75) is 33.7 Å². The summed E-state index contributed by atoms with van der Waals surface area (Å²) in [6.07, 6.45) is 0.802. The zero-order chi connectivity index (χ0) is 18.4. The van der Waals surface area contributed by atoms with Crippen LogP contribution in [0.4, 0.5) is 0 Å². The lowest BCUT2D eigenvalue weighted by Gasteiger charge is -2.22. The van der Waals surface area contributed by atoms with Crippen LogP contribution in [0.25, 0.3) is 0 Å². The van der Waals surface area contributed by atoms with Crippen LogP contribution < -0.4 is 5.32 Å². The number of aliphatic imine (C=N–C) groups is 1. The molecule has 2 rings (SSSR count). The zero-order valence-electron chi connectivity index (χ0n) is 15.5. The molecule has 5 nitrogen and oxygen atoms in total. The Balaban J connectivity index is 0.00000338. The van der Waals surface area contributed by atoms with Crippen molar-refractivity contribution in [3.63, 3.8) is 0 Å². The third-order valence-electron chi connectivity index (χ3n) is 3.90. The van der Waals surface area contributed by atoms with Crippen molar-refractivity contribution in [2.24, 2.45) is 4.99 Å². The van der Waals surface area contributed by atoms with E-state index < -0.39 is 0 Å². The van der Waals surface area contributed by atoms with Gasteiger partial charge in [0, 0.05) is 32.2 Å². The summed E-state index contributed by atoms with van der Waals surface area (Å²) in [6.45, 7) is 8.09. The van der Waals surface area contributed by atoms with Gasteiger partial charge in [0.25, 0.3) is 0 Å². The van der Waals surface area contributed by atoms with E-state index >= 15 is 0 Å². The SMILES string of the molecule is CCNC(=NCCc1c(C)noc1C)N(C)Cc1ccc(Cl)c(Cl)c1.I. The molecular weight excluding hydrogens is 486 g/mol. The Morgan fingerprint density at radius 1 is 1.27 bits per heavy atom. The quantitative estimate of drug-likeness (QED) is 0.342. The second-order valence-electron chi connectivity index (χ2n) is 5.89. The lowest BCUT2D eigenvalue weighted by Crippen LogP contribution is -2.38. The third kappa shape index (κ3) is 6.32. The summed E-state index contributed by atoms with van der Waals surface area (Å²) in [6, 6.07) is 5.67. The van der Waals surface area contributed by atoms with E-state index in [4.69, 9.17) is 32.7 Å². The highest BCUT2D eigenvalue weighted by atomic mass is 127. The summed E-state index contributed by atoms with van der Waals surface area (Å²) in [7, 11) is 2.00. The van der Waals surface area contributed by atoms with E-state index in [1.165, 1.54) is 0 Å². The molecule has 2 aromatic rings. The maximum atomic E-state index is 6.10. The lowest BCUT2D eigenvalue weighted by atomic mass is 10.1. The minimum Gasteiger partial charge on any atom is -0.361 e. The molecule has 1 aromatic heterocycles. The monoisotopic (exact) mass is 510 g/mol. The van der Waals surface area contributed by atoms with Crippen molar-refractivity contribution in [1.82, 2.24) is 15.4 Å². The molecule has 0 radical (unpaired) electrons. The fourth-order valence-corrected chi connectivity index (χ4v) is 2.91. The van der Waals surface area contributed by atoms with E-state index in [9.17, 15) is 0 Å². The molecular formula is C18H25Cl2IN4O. The second kappa shape index (κ2) is 11.0. The molecule has 0 aliphatic heterocycles. The number of rotatable bonds is 6. The van der Waals surface area contributed by atoms with E-state index in [0.29, 0.717) is 23.1 Å². The summed E-state index contributed by atoms with van der Waals surface area (Å²) < 4.78 is 5.20. The van der Waals surface area contributed by atoms with Crippen LogP contribution in [0.5, 0.6) is 0 Å². The molecule has 0 fully saturated rings. The first-order chi connectivity index (χ1) is 11.9. The molecule has 0 aliphatic carbocycles. The summed E-state index contributed by atoms with van der Waals surface area (Å²) in [5.41, 5.74) is 3.14. The summed E-state index contributed by atoms with van der Waals surface area (Å²) in [5, 5.41) is 8.43. The number of benzene rings is 1. The maximum absolute atomic E-state index is 6.10. The molecule has 8 heteroatoms. The molecule has 0 spiro atoms. The molecule has 26 heavy (non-hydrogen) atoms. The van der Waals surface area contributed by atoms with E-state index in [0.717, 1.165) is 41.5 Å². The molecule has 0 bridgehead atoms. The van der Waals surface area contributed by atoms with Crippen molar-refractivity contribution in [3.8, 4) is 0 Å². The second-order valence-corrected chi connectivity index (χ2v) is 6.71. The van der Waals surface area contributed by atoms with Crippen molar-refractivity contribution >= 4 is 53.1 Å². The van der Waals surface area contributed by atoms with Crippen LogP contribution in [0.2, 0.25) is 10.0 Å². The Hall–Kier alpha value is -0.990. The number of nitrogens with one attached hydrogen (secondary N) is 1. The molecule has 0 unspecified atom stereocenters. The fraction of sp³-hybridized carbons (Fsp3) is 0.444. The topological polar surface area (TPSA) is 53.7 Å². The van der Waals surface area contributed by atoms with Gasteiger partial charge in [-0.05, 0) is 44.9 Å². The van der Waals surface area contributed by atoms with Gasteiger partial charge in [0.2, 0.25) is 0 Å². The van der Waals surface area contributed by atoms with Gasteiger partial charge in [-0.25, -0.2) is 0 Å². The van der Waals surface area contributed by atoms with Gasteiger partial charge in [0.1, 0.15) is 5.76 Å². The van der Waals surface area contributed by atoms with Gasteiger partial charge < -0.3 is 14.7 Å².